The molecule has 0 aliphatic carbocycles. The number of ether oxygens (including phenoxy) is 1. The number of aromatic amines is 2. The number of nitrogen functional groups attached to an aromatic ring is 3. The molecule has 0 unspecified atom stereocenters. The molecule has 0 aliphatic rings. The number of fused-ring (bicyclic) bond motifs is 9. The van der Waals surface area contributed by atoms with Crippen molar-refractivity contribution in [1.29, 1.82) is 0 Å². The summed E-state index contributed by atoms with van der Waals surface area (Å²) >= 11 is 0. The number of carbonyl (C=O) groups excluding carboxylic acids is 1. The van der Waals surface area contributed by atoms with E-state index in [9.17, 15) is 14.4 Å². The molecule has 0 atom stereocenters. The summed E-state index contributed by atoms with van der Waals surface area (Å²) in [6.07, 6.45) is 13.0. The normalized spacial score (nSPS) is 11.1. The number of esters is 1. The first-order valence-electron chi connectivity index (χ1n) is 16.1. The van der Waals surface area contributed by atoms with E-state index in [4.69, 9.17) is 21.9 Å². The van der Waals surface area contributed by atoms with Crippen LogP contribution in [0.1, 0.15) is 10.4 Å². The standard InChI is InChI=1S/C14H11N7O.C12H10N4O3.C10H7N3/c15-13-18-4-1-7(20-13)10-8-2-5-19-14(16)21(8)12-11(10)9(22)3-6-17-12;1-19-11(18)8-6-2-4-15-12(13)16(6)10-9(8)7(17)3-5-14-10;1-2-8-6-9-3-5-11-7-13(9)10(8)12-4-1/h1-6H,(H2,16,19)(H,17,22)(H2,15,18,20);2-5H,1H3,(H2,13,15)(H,14,17);1-7H. The Hall–Kier alpha value is -8.15. The van der Waals surface area contributed by atoms with Crippen LogP contribution in [-0.4, -0.2) is 66.2 Å². The SMILES string of the molecule is COC(=O)c1c2c(=O)cc[nH]c2n2c(N)nccc12.Nc1nccc(-c2c3c(=O)cc[nH]c3n3c(N)nccc23)n1.c1cnc2c(c1)cc1ccncn12. The van der Waals surface area contributed by atoms with E-state index >= 15 is 0 Å². The van der Waals surface area contributed by atoms with E-state index < -0.39 is 5.97 Å². The summed E-state index contributed by atoms with van der Waals surface area (Å²) in [7, 11) is 1.26. The Morgan fingerprint density at radius 3 is 2.13 bits per heavy atom. The van der Waals surface area contributed by atoms with E-state index in [0.29, 0.717) is 33.5 Å². The average Bonchev–Trinajstić information content (AvgIpc) is 3.85. The molecule has 8 N–H and O–H groups in total. The minimum absolute atomic E-state index is 0.135. The maximum Gasteiger partial charge on any atom is 0.340 e. The van der Waals surface area contributed by atoms with Gasteiger partial charge in [-0.2, -0.15) is 0 Å². The molecule has 10 rings (SSSR count). The fraction of sp³-hybridized carbons (Fsp3) is 0.0278. The van der Waals surface area contributed by atoms with Crippen molar-refractivity contribution in [2.24, 2.45) is 0 Å². The predicted octanol–water partition coefficient (Wildman–Crippen LogP) is 3.22. The fourth-order valence-corrected chi connectivity index (χ4v) is 6.40. The summed E-state index contributed by atoms with van der Waals surface area (Å²) in [5, 5.41) is 1.88. The van der Waals surface area contributed by atoms with E-state index in [1.54, 1.807) is 59.9 Å². The molecule has 0 saturated heterocycles. The number of rotatable bonds is 2. The molecule has 10 heterocycles. The molecule has 0 amide bonds. The van der Waals surface area contributed by atoms with Gasteiger partial charge in [0.25, 0.3) is 0 Å². The molecule has 0 aromatic carbocycles. The van der Waals surface area contributed by atoms with Crippen LogP contribution in [0, 0.1) is 0 Å². The number of H-pyrrole nitrogens is 2. The second-order valence-electron chi connectivity index (χ2n) is 11.7. The van der Waals surface area contributed by atoms with Crippen LogP contribution in [0.5, 0.6) is 0 Å². The first-order valence-corrected chi connectivity index (χ1v) is 16.1. The zero-order chi connectivity index (χ0) is 37.5. The minimum atomic E-state index is -0.588. The molecule has 0 bridgehead atoms. The van der Waals surface area contributed by atoms with E-state index in [-0.39, 0.29) is 39.7 Å². The first kappa shape index (κ1) is 33.0. The molecule has 10 aromatic rings. The highest BCUT2D eigenvalue weighted by atomic mass is 16.5. The molecule has 0 spiro atoms. The van der Waals surface area contributed by atoms with Gasteiger partial charge < -0.3 is 31.9 Å². The van der Waals surface area contributed by atoms with Crippen LogP contribution >= 0.6 is 0 Å². The van der Waals surface area contributed by atoms with Crippen LogP contribution in [0.4, 0.5) is 17.8 Å². The lowest BCUT2D eigenvalue weighted by Crippen LogP contribution is -2.06. The Balaban J connectivity index is 0.000000118. The number of nitrogens with two attached hydrogens (primary N) is 3. The Kier molecular flexibility index (Phi) is 8.07. The van der Waals surface area contributed by atoms with Crippen molar-refractivity contribution in [2.45, 2.75) is 0 Å². The topological polar surface area (TPSA) is 261 Å². The van der Waals surface area contributed by atoms with Crippen molar-refractivity contribution in [2.75, 3.05) is 24.3 Å². The van der Waals surface area contributed by atoms with E-state index in [2.05, 4.69) is 52.0 Å². The molecule has 18 nitrogen and oxygen atoms in total. The molecule has 0 saturated carbocycles. The molecule has 18 heteroatoms. The number of pyridine rings is 3. The van der Waals surface area contributed by atoms with Crippen LogP contribution < -0.4 is 28.1 Å². The molecule has 266 valence electrons. The zero-order valence-electron chi connectivity index (χ0n) is 28.2. The summed E-state index contributed by atoms with van der Waals surface area (Å²) in [6.45, 7) is 0. The summed E-state index contributed by atoms with van der Waals surface area (Å²) in [6, 6.07) is 16.0. The zero-order valence-corrected chi connectivity index (χ0v) is 28.2. The number of hydrogen-bond acceptors (Lipinski definition) is 13. The van der Waals surface area contributed by atoms with Gasteiger partial charge in [-0.25, -0.2) is 34.7 Å². The number of methoxy groups -OCH3 is 1. The van der Waals surface area contributed by atoms with Gasteiger partial charge in [0.2, 0.25) is 17.8 Å². The van der Waals surface area contributed by atoms with Gasteiger partial charge in [0.05, 0.1) is 45.7 Å². The fourth-order valence-electron chi connectivity index (χ4n) is 6.40. The quantitative estimate of drug-likeness (QED) is 0.161. The van der Waals surface area contributed by atoms with E-state index in [1.807, 2.05) is 16.5 Å². The van der Waals surface area contributed by atoms with Gasteiger partial charge in [-0.05, 0) is 42.5 Å². The van der Waals surface area contributed by atoms with Crippen LogP contribution in [-0.2, 0) is 4.74 Å². The number of aromatic nitrogens is 11. The second-order valence-corrected chi connectivity index (χ2v) is 11.7. The van der Waals surface area contributed by atoms with Gasteiger partial charge in [-0.3, -0.25) is 22.8 Å². The lowest BCUT2D eigenvalue weighted by Gasteiger charge is -2.02. The first-order chi connectivity index (χ1) is 26.3. The van der Waals surface area contributed by atoms with Crippen molar-refractivity contribution >= 4 is 73.5 Å². The maximum atomic E-state index is 12.4. The Morgan fingerprint density at radius 1 is 0.741 bits per heavy atom. The Labute approximate surface area is 301 Å². The summed E-state index contributed by atoms with van der Waals surface area (Å²) in [5.41, 5.74) is 22.7. The molecular formula is C36H28N14O4. The van der Waals surface area contributed by atoms with Crippen molar-refractivity contribution in [3.05, 3.63) is 130 Å². The third kappa shape index (κ3) is 5.42. The van der Waals surface area contributed by atoms with Crippen molar-refractivity contribution in [3.8, 4) is 11.3 Å². The largest absolute Gasteiger partial charge is 0.465 e. The number of carbonyl (C=O) groups is 1. The van der Waals surface area contributed by atoms with E-state index in [0.717, 1.165) is 22.1 Å². The van der Waals surface area contributed by atoms with Gasteiger partial charge in [0, 0.05) is 66.5 Å². The summed E-state index contributed by atoms with van der Waals surface area (Å²) in [5.74, 6) is 0.00585. The van der Waals surface area contributed by atoms with Gasteiger partial charge in [-0.1, -0.05) is 0 Å². The average molecular weight is 721 g/mol. The van der Waals surface area contributed by atoms with Crippen LogP contribution in [0.2, 0.25) is 0 Å². The highest BCUT2D eigenvalue weighted by Gasteiger charge is 2.23. The number of nitrogens with zero attached hydrogens (tertiary/aromatic N) is 9. The second kappa shape index (κ2) is 13.2. The maximum absolute atomic E-state index is 12.4. The smallest absolute Gasteiger partial charge is 0.340 e. The van der Waals surface area contributed by atoms with Crippen LogP contribution in [0.25, 0.3) is 60.9 Å². The third-order valence-corrected chi connectivity index (χ3v) is 8.61. The van der Waals surface area contributed by atoms with Gasteiger partial charge >= 0.3 is 5.97 Å². The molecule has 0 fully saturated rings. The van der Waals surface area contributed by atoms with Crippen molar-refractivity contribution in [1.82, 2.24) is 53.1 Å². The minimum Gasteiger partial charge on any atom is -0.465 e. The summed E-state index contributed by atoms with van der Waals surface area (Å²) < 4.78 is 9.92. The van der Waals surface area contributed by atoms with E-state index in [1.165, 1.54) is 36.0 Å². The van der Waals surface area contributed by atoms with Crippen LogP contribution in [0.15, 0.2) is 114 Å². The van der Waals surface area contributed by atoms with Gasteiger partial charge in [0.1, 0.15) is 23.3 Å². The lowest BCUT2D eigenvalue weighted by atomic mass is 10.1. The Bertz CT molecular complexity index is 3130. The molecule has 0 aliphatic heterocycles. The lowest BCUT2D eigenvalue weighted by molar-refractivity contribution is 0.0605. The third-order valence-electron chi connectivity index (χ3n) is 8.61. The van der Waals surface area contributed by atoms with Gasteiger partial charge in [0.15, 0.2) is 10.9 Å². The van der Waals surface area contributed by atoms with Crippen molar-refractivity contribution < 1.29 is 9.53 Å². The summed E-state index contributed by atoms with van der Waals surface area (Å²) in [4.78, 5) is 66.7. The van der Waals surface area contributed by atoms with Crippen LogP contribution in [0.3, 0.4) is 0 Å². The molecule has 54 heavy (non-hydrogen) atoms. The monoisotopic (exact) mass is 720 g/mol. The molecule has 0 radical (unpaired) electrons. The number of hydrogen-bond donors (Lipinski definition) is 5. The molecular weight excluding hydrogens is 692 g/mol. The number of nitrogens with one attached hydrogen (secondary N) is 2. The highest BCUT2D eigenvalue weighted by Crippen LogP contribution is 2.32. The Morgan fingerprint density at radius 2 is 1.41 bits per heavy atom. The van der Waals surface area contributed by atoms with Gasteiger partial charge in [-0.15, -0.1) is 0 Å². The highest BCUT2D eigenvalue weighted by molar-refractivity contribution is 6.11. The molecule has 10 aromatic heterocycles. The predicted molar refractivity (Wildman–Crippen MR) is 203 cm³/mol. The van der Waals surface area contributed by atoms with Crippen molar-refractivity contribution in [3.63, 3.8) is 0 Å². The number of anilines is 3.